The predicted molar refractivity (Wildman–Crippen MR) is 118 cm³/mol. The van der Waals surface area contributed by atoms with Crippen molar-refractivity contribution in [3.8, 4) is 0 Å². The van der Waals surface area contributed by atoms with Gasteiger partial charge in [-0.3, -0.25) is 4.99 Å². The monoisotopic (exact) mass is 397 g/mol. The third-order valence-corrected chi connectivity index (χ3v) is 5.91. The van der Waals surface area contributed by atoms with Gasteiger partial charge in [-0.25, -0.2) is 4.98 Å². The van der Waals surface area contributed by atoms with E-state index in [-0.39, 0.29) is 0 Å². The van der Waals surface area contributed by atoms with Crippen molar-refractivity contribution in [3.63, 3.8) is 0 Å². The van der Waals surface area contributed by atoms with Gasteiger partial charge in [0.05, 0.1) is 6.54 Å². The molecule has 6 heteroatoms. The standard InChI is InChI=1S/C23H35N5O/c1-3-29-16-13-23(11-7-8-12-23)19-27-22(24-2)26-17-21-25-14-15-28(21)18-20-9-5-4-6-10-20/h4-6,9-10,14-15H,3,7-8,11-13,16-19H2,1-2H3,(H2,24,26,27). The summed E-state index contributed by atoms with van der Waals surface area (Å²) < 4.78 is 7.80. The van der Waals surface area contributed by atoms with Crippen LogP contribution in [0.5, 0.6) is 0 Å². The van der Waals surface area contributed by atoms with Crippen molar-refractivity contribution in [1.82, 2.24) is 20.2 Å². The number of rotatable bonds is 10. The van der Waals surface area contributed by atoms with Crippen molar-refractivity contribution in [2.75, 3.05) is 26.8 Å². The van der Waals surface area contributed by atoms with Crippen molar-refractivity contribution >= 4 is 5.96 Å². The Balaban J connectivity index is 1.51. The van der Waals surface area contributed by atoms with Gasteiger partial charge in [0.25, 0.3) is 0 Å². The summed E-state index contributed by atoms with van der Waals surface area (Å²) in [6.07, 6.45) is 10.2. The van der Waals surface area contributed by atoms with Crippen molar-refractivity contribution in [3.05, 3.63) is 54.1 Å². The molecule has 2 N–H and O–H groups in total. The number of benzene rings is 1. The van der Waals surface area contributed by atoms with E-state index < -0.39 is 0 Å². The minimum atomic E-state index is 0.332. The molecule has 1 aromatic carbocycles. The van der Waals surface area contributed by atoms with Crippen molar-refractivity contribution in [2.45, 2.75) is 52.1 Å². The minimum Gasteiger partial charge on any atom is -0.382 e. The van der Waals surface area contributed by atoms with Crippen LogP contribution in [-0.2, 0) is 17.8 Å². The third-order valence-electron chi connectivity index (χ3n) is 5.91. The maximum absolute atomic E-state index is 5.63. The minimum absolute atomic E-state index is 0.332. The second-order valence-electron chi connectivity index (χ2n) is 7.89. The Kier molecular flexibility index (Phi) is 8.11. The lowest BCUT2D eigenvalue weighted by Crippen LogP contribution is -2.43. The Morgan fingerprint density at radius 3 is 2.72 bits per heavy atom. The number of ether oxygens (including phenoxy) is 1. The molecule has 1 aliphatic carbocycles. The zero-order valence-electron chi connectivity index (χ0n) is 17.9. The molecule has 2 aromatic rings. The Bertz CT molecular complexity index is 750. The Morgan fingerprint density at radius 2 is 2.00 bits per heavy atom. The first-order chi connectivity index (χ1) is 14.2. The molecule has 0 atom stereocenters. The Hall–Kier alpha value is -2.34. The molecule has 1 saturated carbocycles. The summed E-state index contributed by atoms with van der Waals surface area (Å²) in [7, 11) is 1.83. The molecule has 0 unspecified atom stereocenters. The molecule has 0 radical (unpaired) electrons. The van der Waals surface area contributed by atoms with Gasteiger partial charge in [0.15, 0.2) is 5.96 Å². The van der Waals surface area contributed by atoms with Gasteiger partial charge in [-0.2, -0.15) is 0 Å². The summed E-state index contributed by atoms with van der Waals surface area (Å²) in [4.78, 5) is 8.94. The summed E-state index contributed by atoms with van der Waals surface area (Å²) in [5.74, 6) is 1.84. The Labute approximate surface area is 174 Å². The maximum Gasteiger partial charge on any atom is 0.191 e. The molecule has 29 heavy (non-hydrogen) atoms. The fourth-order valence-corrected chi connectivity index (χ4v) is 4.16. The molecule has 0 aliphatic heterocycles. The predicted octanol–water partition coefficient (Wildman–Crippen LogP) is 3.58. The van der Waals surface area contributed by atoms with Crippen LogP contribution in [0.1, 0.15) is 50.4 Å². The highest BCUT2D eigenvalue weighted by atomic mass is 16.5. The fraction of sp³-hybridized carbons (Fsp3) is 0.565. The molecule has 0 bridgehead atoms. The van der Waals surface area contributed by atoms with Crippen molar-refractivity contribution < 1.29 is 4.74 Å². The highest BCUT2D eigenvalue weighted by Gasteiger charge is 2.33. The molecular formula is C23H35N5O. The lowest BCUT2D eigenvalue weighted by atomic mass is 9.83. The van der Waals surface area contributed by atoms with E-state index in [2.05, 4.69) is 56.4 Å². The van der Waals surface area contributed by atoms with Gasteiger partial charge in [0, 0.05) is 45.7 Å². The van der Waals surface area contributed by atoms with Crippen molar-refractivity contribution in [1.29, 1.82) is 0 Å². The molecule has 6 nitrogen and oxygen atoms in total. The van der Waals surface area contributed by atoms with Crippen LogP contribution in [0.25, 0.3) is 0 Å². The number of guanidine groups is 1. The third kappa shape index (κ3) is 6.32. The highest BCUT2D eigenvalue weighted by Crippen LogP contribution is 2.40. The number of hydrogen-bond donors (Lipinski definition) is 2. The van der Waals surface area contributed by atoms with Crippen LogP contribution in [-0.4, -0.2) is 42.3 Å². The lowest BCUT2D eigenvalue weighted by Gasteiger charge is -2.30. The summed E-state index contributed by atoms with van der Waals surface area (Å²) in [5.41, 5.74) is 1.60. The quantitative estimate of drug-likeness (QED) is 0.365. The van der Waals surface area contributed by atoms with Crippen LogP contribution in [0, 0.1) is 5.41 Å². The molecule has 1 heterocycles. The molecule has 0 saturated heterocycles. The number of aromatic nitrogens is 2. The van der Waals surface area contributed by atoms with Gasteiger partial charge in [-0.1, -0.05) is 43.2 Å². The van der Waals surface area contributed by atoms with Gasteiger partial charge < -0.3 is 19.9 Å². The van der Waals surface area contributed by atoms with Gasteiger partial charge in [-0.05, 0) is 37.2 Å². The summed E-state index contributed by atoms with van der Waals surface area (Å²) in [6, 6.07) is 10.5. The van der Waals surface area contributed by atoms with E-state index in [9.17, 15) is 0 Å². The molecular weight excluding hydrogens is 362 g/mol. The van der Waals surface area contributed by atoms with E-state index in [1.54, 1.807) is 0 Å². The van der Waals surface area contributed by atoms with E-state index in [1.807, 2.05) is 25.5 Å². The van der Waals surface area contributed by atoms with E-state index in [1.165, 1.54) is 31.2 Å². The van der Waals surface area contributed by atoms with Crippen LogP contribution in [0.2, 0.25) is 0 Å². The average Bonchev–Trinajstić information content (AvgIpc) is 3.39. The second kappa shape index (κ2) is 11.0. The zero-order chi connectivity index (χ0) is 20.4. The second-order valence-corrected chi connectivity index (χ2v) is 7.89. The molecule has 1 aliphatic rings. The maximum atomic E-state index is 5.63. The van der Waals surface area contributed by atoms with Gasteiger partial charge in [-0.15, -0.1) is 0 Å². The first-order valence-corrected chi connectivity index (χ1v) is 10.8. The van der Waals surface area contributed by atoms with E-state index in [0.29, 0.717) is 12.0 Å². The van der Waals surface area contributed by atoms with E-state index in [4.69, 9.17) is 4.74 Å². The number of imidazole rings is 1. The average molecular weight is 398 g/mol. The molecule has 158 valence electrons. The topological polar surface area (TPSA) is 63.5 Å². The zero-order valence-corrected chi connectivity index (χ0v) is 17.9. The van der Waals surface area contributed by atoms with Gasteiger partial charge >= 0.3 is 0 Å². The summed E-state index contributed by atoms with van der Waals surface area (Å²) in [5, 5.41) is 6.99. The van der Waals surface area contributed by atoms with Crippen molar-refractivity contribution in [2.24, 2.45) is 10.4 Å². The summed E-state index contributed by atoms with van der Waals surface area (Å²) in [6.45, 7) is 6.12. The lowest BCUT2D eigenvalue weighted by molar-refractivity contribution is 0.105. The number of nitrogens with zero attached hydrogens (tertiary/aromatic N) is 3. The number of hydrogen-bond acceptors (Lipinski definition) is 3. The normalized spacial score (nSPS) is 16.1. The van der Waals surface area contributed by atoms with E-state index >= 15 is 0 Å². The van der Waals surface area contributed by atoms with Crippen LogP contribution in [0.3, 0.4) is 0 Å². The van der Waals surface area contributed by atoms with E-state index in [0.717, 1.165) is 44.5 Å². The van der Waals surface area contributed by atoms with Crippen LogP contribution in [0.15, 0.2) is 47.7 Å². The van der Waals surface area contributed by atoms with Crippen LogP contribution < -0.4 is 10.6 Å². The van der Waals surface area contributed by atoms with Gasteiger partial charge in [0.1, 0.15) is 5.82 Å². The SMILES string of the molecule is CCOCCC1(CNC(=NC)NCc2nccn2Cc2ccccc2)CCCC1. The Morgan fingerprint density at radius 1 is 1.21 bits per heavy atom. The highest BCUT2D eigenvalue weighted by molar-refractivity contribution is 5.79. The van der Waals surface area contributed by atoms with Gasteiger partial charge in [0.2, 0.25) is 0 Å². The number of nitrogens with one attached hydrogen (secondary N) is 2. The number of aliphatic imine (C=N–C) groups is 1. The van der Waals surface area contributed by atoms with Crippen LogP contribution >= 0.6 is 0 Å². The largest absolute Gasteiger partial charge is 0.382 e. The molecule has 1 aromatic heterocycles. The fourth-order valence-electron chi connectivity index (χ4n) is 4.16. The first-order valence-electron chi connectivity index (χ1n) is 10.8. The molecule has 1 fully saturated rings. The summed E-state index contributed by atoms with van der Waals surface area (Å²) >= 11 is 0. The molecule has 0 amide bonds. The molecule has 0 spiro atoms. The first kappa shape index (κ1) is 21.4. The molecule has 3 rings (SSSR count). The van der Waals surface area contributed by atoms with Crippen LogP contribution in [0.4, 0.5) is 0 Å². The smallest absolute Gasteiger partial charge is 0.191 e.